The molecule has 0 saturated carbocycles. The number of sulfonamides is 1. The van der Waals surface area contributed by atoms with E-state index < -0.39 is 27.5 Å². The molecule has 1 aliphatic heterocycles. The fourth-order valence-electron chi connectivity index (χ4n) is 2.98. The number of carbonyl (C=O) groups excluding carboxylic acids is 1. The fourth-order valence-corrected chi connectivity index (χ4v) is 4.81. The van der Waals surface area contributed by atoms with Crippen LogP contribution in [0.15, 0.2) is 23.1 Å². The molecule has 1 unspecified atom stereocenters. The van der Waals surface area contributed by atoms with Gasteiger partial charge in [0.1, 0.15) is 11.4 Å². The van der Waals surface area contributed by atoms with Crippen LogP contribution in [0.4, 0.5) is 9.18 Å². The minimum Gasteiger partial charge on any atom is -0.444 e. The highest BCUT2D eigenvalue weighted by Gasteiger charge is 2.32. The van der Waals surface area contributed by atoms with Gasteiger partial charge in [0.15, 0.2) is 0 Å². The highest BCUT2D eigenvalue weighted by Crippen LogP contribution is 2.27. The lowest BCUT2D eigenvalue weighted by molar-refractivity contribution is 0.0258. The van der Waals surface area contributed by atoms with Crippen molar-refractivity contribution in [3.05, 3.63) is 29.0 Å². The van der Waals surface area contributed by atoms with Crippen molar-refractivity contribution >= 4 is 27.7 Å². The van der Waals surface area contributed by atoms with E-state index in [1.807, 2.05) is 0 Å². The van der Waals surface area contributed by atoms with Gasteiger partial charge in [-0.1, -0.05) is 11.6 Å². The molecule has 1 aromatic rings. The average Bonchev–Trinajstić information content (AvgIpc) is 2.56. The Kier molecular flexibility index (Phi) is 6.76. The molecule has 0 spiro atoms. The summed E-state index contributed by atoms with van der Waals surface area (Å²) in [5, 5.41) is -0.228. The third kappa shape index (κ3) is 5.80. The van der Waals surface area contributed by atoms with Gasteiger partial charge in [-0.15, -0.1) is 0 Å². The summed E-state index contributed by atoms with van der Waals surface area (Å²) in [6, 6.07) is 3.39. The first-order chi connectivity index (χ1) is 12.4. The van der Waals surface area contributed by atoms with Crippen molar-refractivity contribution in [1.82, 2.24) is 9.21 Å². The molecule has 0 aromatic heterocycles. The van der Waals surface area contributed by atoms with Gasteiger partial charge in [0.2, 0.25) is 10.0 Å². The van der Waals surface area contributed by atoms with Crippen molar-refractivity contribution in [2.24, 2.45) is 5.92 Å². The topological polar surface area (TPSA) is 66.9 Å². The largest absolute Gasteiger partial charge is 0.444 e. The Morgan fingerprint density at radius 2 is 2.07 bits per heavy atom. The monoisotopic (exact) mass is 420 g/mol. The number of hydrogen-bond acceptors (Lipinski definition) is 4. The van der Waals surface area contributed by atoms with Crippen LogP contribution in [0.2, 0.25) is 5.02 Å². The van der Waals surface area contributed by atoms with E-state index >= 15 is 0 Å². The molecule has 152 valence electrons. The van der Waals surface area contributed by atoms with Crippen LogP contribution in [0.3, 0.4) is 0 Å². The highest BCUT2D eigenvalue weighted by atomic mass is 35.5. The van der Waals surface area contributed by atoms with Gasteiger partial charge < -0.3 is 9.64 Å². The molecule has 9 heteroatoms. The summed E-state index contributed by atoms with van der Waals surface area (Å²) in [5.74, 6) is -0.673. The predicted molar refractivity (Wildman–Crippen MR) is 102 cm³/mol. The van der Waals surface area contributed by atoms with Crippen LogP contribution < -0.4 is 0 Å². The Bertz CT molecular complexity index is 795. The molecule has 0 bridgehead atoms. The molecule has 1 saturated heterocycles. The maximum absolute atomic E-state index is 13.3. The molecule has 2 rings (SSSR count). The summed E-state index contributed by atoms with van der Waals surface area (Å²) < 4.78 is 45.7. The van der Waals surface area contributed by atoms with E-state index in [2.05, 4.69) is 0 Å². The number of benzene rings is 1. The minimum atomic E-state index is -3.77. The molecule has 1 fully saturated rings. The number of halogens is 2. The van der Waals surface area contributed by atoms with Crippen molar-refractivity contribution in [1.29, 1.82) is 0 Å². The van der Waals surface area contributed by atoms with Crippen LogP contribution in [0.25, 0.3) is 0 Å². The first-order valence-corrected chi connectivity index (χ1v) is 10.6. The number of nitrogens with zero attached hydrogens (tertiary/aromatic N) is 2. The standard InChI is InChI=1S/C18H26ClFN2O4S/c1-18(2,3)26-17(23)21(4)11-13-6-5-9-22(12-13)27(24,25)14-7-8-16(20)15(19)10-14/h7-8,10,13H,5-6,9,11-12H2,1-4H3. The Morgan fingerprint density at radius 3 is 2.67 bits per heavy atom. The first-order valence-electron chi connectivity index (χ1n) is 8.79. The molecule has 1 aliphatic rings. The van der Waals surface area contributed by atoms with E-state index in [4.69, 9.17) is 16.3 Å². The SMILES string of the molecule is CN(CC1CCCN(S(=O)(=O)c2ccc(F)c(Cl)c2)C1)C(=O)OC(C)(C)C. The number of rotatable bonds is 4. The van der Waals surface area contributed by atoms with Gasteiger partial charge in [0.25, 0.3) is 0 Å². The van der Waals surface area contributed by atoms with Crippen LogP contribution in [0, 0.1) is 11.7 Å². The van der Waals surface area contributed by atoms with Crippen molar-refractivity contribution in [2.75, 3.05) is 26.7 Å². The first kappa shape index (κ1) is 21.9. The zero-order chi connectivity index (χ0) is 20.4. The van der Waals surface area contributed by atoms with Gasteiger partial charge in [-0.25, -0.2) is 17.6 Å². The lowest BCUT2D eigenvalue weighted by atomic mass is 9.99. The predicted octanol–water partition coefficient (Wildman–Crippen LogP) is 3.75. The average molecular weight is 421 g/mol. The van der Waals surface area contributed by atoms with Gasteiger partial charge in [-0.2, -0.15) is 4.31 Å². The lowest BCUT2D eigenvalue weighted by Crippen LogP contribution is -2.44. The highest BCUT2D eigenvalue weighted by molar-refractivity contribution is 7.89. The number of carbonyl (C=O) groups is 1. The normalized spacial score (nSPS) is 19.0. The van der Waals surface area contributed by atoms with Gasteiger partial charge in [-0.3, -0.25) is 0 Å². The summed E-state index contributed by atoms with van der Waals surface area (Å²) in [5.41, 5.74) is -0.588. The van der Waals surface area contributed by atoms with E-state index in [-0.39, 0.29) is 22.4 Å². The van der Waals surface area contributed by atoms with E-state index in [1.165, 1.54) is 15.3 Å². The van der Waals surface area contributed by atoms with Crippen molar-refractivity contribution in [3.8, 4) is 0 Å². The third-order valence-corrected chi connectivity index (χ3v) is 6.40. The van der Waals surface area contributed by atoms with Gasteiger partial charge in [0.05, 0.1) is 9.92 Å². The van der Waals surface area contributed by atoms with Crippen LogP contribution in [-0.2, 0) is 14.8 Å². The molecule has 0 aliphatic carbocycles. The Hall–Kier alpha value is -1.38. The van der Waals surface area contributed by atoms with Crippen LogP contribution >= 0.6 is 11.6 Å². The molecule has 0 N–H and O–H groups in total. The zero-order valence-corrected chi connectivity index (χ0v) is 17.6. The number of amides is 1. The molecular formula is C18H26ClFN2O4S. The lowest BCUT2D eigenvalue weighted by Gasteiger charge is -2.34. The minimum absolute atomic E-state index is 0.0121. The number of hydrogen-bond donors (Lipinski definition) is 0. The van der Waals surface area contributed by atoms with Crippen molar-refractivity contribution < 1.29 is 22.3 Å². The summed E-state index contributed by atoms with van der Waals surface area (Å²) in [4.78, 5) is 13.6. The van der Waals surface area contributed by atoms with E-state index in [9.17, 15) is 17.6 Å². The quantitative estimate of drug-likeness (QED) is 0.744. The molecule has 6 nitrogen and oxygen atoms in total. The maximum atomic E-state index is 13.3. The molecule has 1 aromatic carbocycles. The summed E-state index contributed by atoms with van der Waals surface area (Å²) >= 11 is 5.73. The van der Waals surface area contributed by atoms with Gasteiger partial charge in [0, 0.05) is 26.7 Å². The van der Waals surface area contributed by atoms with Crippen molar-refractivity contribution in [2.45, 2.75) is 44.1 Å². The second-order valence-electron chi connectivity index (χ2n) is 7.81. The molecule has 27 heavy (non-hydrogen) atoms. The summed E-state index contributed by atoms with van der Waals surface area (Å²) in [6.07, 6.45) is 1.05. The van der Waals surface area contributed by atoms with Crippen molar-refractivity contribution in [3.63, 3.8) is 0 Å². The molecule has 0 radical (unpaired) electrons. The van der Waals surface area contributed by atoms with E-state index in [0.29, 0.717) is 19.5 Å². The summed E-state index contributed by atoms with van der Waals surface area (Å²) in [6.45, 7) is 6.43. The van der Waals surface area contributed by atoms with Gasteiger partial charge >= 0.3 is 6.09 Å². The van der Waals surface area contributed by atoms with E-state index in [1.54, 1.807) is 27.8 Å². The third-order valence-electron chi connectivity index (χ3n) is 4.25. The van der Waals surface area contributed by atoms with Crippen LogP contribution in [0.1, 0.15) is 33.6 Å². The Morgan fingerprint density at radius 1 is 1.41 bits per heavy atom. The second-order valence-corrected chi connectivity index (χ2v) is 10.2. The molecule has 1 atom stereocenters. The van der Waals surface area contributed by atoms with Crippen LogP contribution in [-0.4, -0.2) is 56.0 Å². The maximum Gasteiger partial charge on any atom is 0.410 e. The fraction of sp³-hybridized carbons (Fsp3) is 0.611. The zero-order valence-electron chi connectivity index (χ0n) is 16.0. The molecule has 1 heterocycles. The number of piperidine rings is 1. The van der Waals surface area contributed by atoms with Crippen LogP contribution in [0.5, 0.6) is 0 Å². The van der Waals surface area contributed by atoms with Gasteiger partial charge in [-0.05, 0) is 57.7 Å². The Labute approximate surface area is 165 Å². The Balaban J connectivity index is 2.06. The second kappa shape index (κ2) is 8.32. The van der Waals surface area contributed by atoms with E-state index in [0.717, 1.165) is 18.6 Å². The number of ether oxygens (including phenoxy) is 1. The summed E-state index contributed by atoms with van der Waals surface area (Å²) in [7, 11) is -2.13. The molecule has 1 amide bonds. The smallest absolute Gasteiger partial charge is 0.410 e. The molecular weight excluding hydrogens is 395 g/mol.